The number of nitrogens with zero attached hydrogens (tertiary/aromatic N) is 1. The minimum absolute atomic E-state index is 0.0279. The molecule has 7 heteroatoms. The van der Waals surface area contributed by atoms with Crippen LogP contribution in [0.3, 0.4) is 0 Å². The smallest absolute Gasteiger partial charge is 0.238 e. The van der Waals surface area contributed by atoms with Crippen LogP contribution in [0.4, 0.5) is 11.4 Å². The predicted molar refractivity (Wildman–Crippen MR) is 143 cm³/mol. The van der Waals surface area contributed by atoms with Gasteiger partial charge < -0.3 is 20.5 Å². The van der Waals surface area contributed by atoms with Crippen molar-refractivity contribution in [2.45, 2.75) is 22.5 Å². The number of carbonyl (C=O) groups excluding carboxylic acids is 2. The van der Waals surface area contributed by atoms with Gasteiger partial charge in [0.05, 0.1) is 10.9 Å². The van der Waals surface area contributed by atoms with Crippen LogP contribution >= 0.6 is 11.8 Å². The van der Waals surface area contributed by atoms with E-state index >= 15 is 0 Å². The van der Waals surface area contributed by atoms with Gasteiger partial charge >= 0.3 is 0 Å². The van der Waals surface area contributed by atoms with Crippen LogP contribution in [-0.2, 0) is 9.59 Å². The normalized spacial score (nSPS) is 15.8. The van der Waals surface area contributed by atoms with Gasteiger partial charge in [0.1, 0.15) is 0 Å². The SMILES string of the molecule is CN(C)c1ccc([C@@H](CNC(=O)C[C@@H]2Sc3ccccc3NC2=O)c2c[nH]c3ccccc23)cc1. The van der Waals surface area contributed by atoms with Crippen LogP contribution in [0.25, 0.3) is 10.9 Å². The van der Waals surface area contributed by atoms with E-state index in [2.05, 4.69) is 56.9 Å². The first-order chi connectivity index (χ1) is 17.0. The molecule has 1 aromatic heterocycles. The van der Waals surface area contributed by atoms with Gasteiger partial charge in [-0.1, -0.05) is 42.5 Å². The molecule has 3 aromatic carbocycles. The number of hydrogen-bond acceptors (Lipinski definition) is 4. The fraction of sp³-hybridized carbons (Fsp3) is 0.214. The predicted octanol–water partition coefficient (Wildman–Crippen LogP) is 4.99. The Morgan fingerprint density at radius 1 is 1.03 bits per heavy atom. The van der Waals surface area contributed by atoms with Crippen LogP contribution in [0.2, 0.25) is 0 Å². The van der Waals surface area contributed by atoms with E-state index in [0.717, 1.165) is 38.3 Å². The molecule has 35 heavy (non-hydrogen) atoms. The second kappa shape index (κ2) is 9.88. The largest absolute Gasteiger partial charge is 0.378 e. The molecular weight excluding hydrogens is 456 g/mol. The number of thioether (sulfide) groups is 1. The van der Waals surface area contributed by atoms with Crippen LogP contribution in [0.5, 0.6) is 0 Å². The Bertz CT molecular complexity index is 1360. The lowest BCUT2D eigenvalue weighted by atomic mass is 9.90. The number of nitrogens with one attached hydrogen (secondary N) is 3. The standard InChI is InChI=1S/C28H28N4O2S/c1-32(2)19-13-11-18(12-14-19)21(22-17-29-23-8-4-3-7-20(22)23)16-30-27(33)15-26-28(34)31-24-9-5-6-10-25(24)35-26/h3-14,17,21,26,29H,15-16H2,1-2H3,(H,30,33)(H,31,34)/t21-,26+/m1/s1. The number of amides is 2. The Morgan fingerprint density at radius 2 is 1.77 bits per heavy atom. The highest BCUT2D eigenvalue weighted by atomic mass is 32.2. The van der Waals surface area contributed by atoms with Crippen molar-refractivity contribution in [3.8, 4) is 0 Å². The molecule has 5 rings (SSSR count). The highest BCUT2D eigenvalue weighted by Crippen LogP contribution is 2.37. The molecule has 4 aromatic rings. The summed E-state index contributed by atoms with van der Waals surface area (Å²) in [6.07, 6.45) is 2.16. The highest BCUT2D eigenvalue weighted by molar-refractivity contribution is 8.01. The van der Waals surface area contributed by atoms with Gasteiger partial charge in [0.25, 0.3) is 0 Å². The van der Waals surface area contributed by atoms with Crippen molar-refractivity contribution in [1.82, 2.24) is 10.3 Å². The number of aromatic nitrogens is 1. The van der Waals surface area contributed by atoms with Gasteiger partial charge in [0.2, 0.25) is 11.8 Å². The molecule has 0 radical (unpaired) electrons. The van der Waals surface area contributed by atoms with Crippen LogP contribution in [0.1, 0.15) is 23.5 Å². The Labute approximate surface area is 209 Å². The van der Waals surface area contributed by atoms with Crippen molar-refractivity contribution in [3.05, 3.63) is 90.1 Å². The third-order valence-corrected chi connectivity index (χ3v) is 7.66. The molecule has 2 heterocycles. The zero-order valence-corrected chi connectivity index (χ0v) is 20.6. The monoisotopic (exact) mass is 484 g/mol. The van der Waals surface area contributed by atoms with Gasteiger partial charge in [-0.25, -0.2) is 0 Å². The fourth-order valence-electron chi connectivity index (χ4n) is 4.48. The molecular formula is C28H28N4O2S. The zero-order valence-electron chi connectivity index (χ0n) is 19.7. The van der Waals surface area contributed by atoms with Crippen LogP contribution < -0.4 is 15.5 Å². The number of aromatic amines is 1. The number of anilines is 2. The van der Waals surface area contributed by atoms with E-state index in [0.29, 0.717) is 6.54 Å². The number of H-pyrrole nitrogens is 1. The molecule has 0 bridgehead atoms. The maximum absolute atomic E-state index is 13.0. The molecule has 3 N–H and O–H groups in total. The van der Waals surface area contributed by atoms with Crippen molar-refractivity contribution in [3.63, 3.8) is 0 Å². The molecule has 0 fully saturated rings. The van der Waals surface area contributed by atoms with E-state index in [-0.39, 0.29) is 24.2 Å². The number of hydrogen-bond donors (Lipinski definition) is 3. The molecule has 6 nitrogen and oxygen atoms in total. The van der Waals surface area contributed by atoms with E-state index in [4.69, 9.17) is 0 Å². The summed E-state index contributed by atoms with van der Waals surface area (Å²) in [5.41, 5.74) is 5.25. The summed E-state index contributed by atoms with van der Waals surface area (Å²) in [6.45, 7) is 0.442. The maximum Gasteiger partial charge on any atom is 0.238 e. The van der Waals surface area contributed by atoms with Gasteiger partial charge in [-0.2, -0.15) is 0 Å². The Balaban J connectivity index is 1.34. The molecule has 0 spiro atoms. The highest BCUT2D eigenvalue weighted by Gasteiger charge is 2.29. The van der Waals surface area contributed by atoms with E-state index in [1.807, 2.05) is 56.7 Å². The molecule has 0 unspecified atom stereocenters. The summed E-state index contributed by atoms with van der Waals surface area (Å²) in [7, 11) is 4.04. The fourth-order valence-corrected chi connectivity index (χ4v) is 5.59. The van der Waals surface area contributed by atoms with E-state index in [9.17, 15) is 9.59 Å². The Morgan fingerprint density at radius 3 is 2.57 bits per heavy atom. The van der Waals surface area contributed by atoms with Gasteiger partial charge in [-0.15, -0.1) is 11.8 Å². The van der Waals surface area contributed by atoms with Crippen LogP contribution in [0, 0.1) is 0 Å². The summed E-state index contributed by atoms with van der Waals surface area (Å²) in [5, 5.41) is 6.71. The van der Waals surface area contributed by atoms with E-state index in [1.165, 1.54) is 11.8 Å². The lowest BCUT2D eigenvalue weighted by molar-refractivity contribution is -0.124. The van der Waals surface area contributed by atoms with Crippen molar-refractivity contribution in [2.75, 3.05) is 30.9 Å². The van der Waals surface area contributed by atoms with Crippen molar-refractivity contribution in [1.29, 1.82) is 0 Å². The lowest BCUT2D eigenvalue weighted by Crippen LogP contribution is -2.36. The maximum atomic E-state index is 13.0. The number of fused-ring (bicyclic) bond motifs is 2. The molecule has 1 aliphatic heterocycles. The van der Waals surface area contributed by atoms with Crippen LogP contribution in [0.15, 0.2) is 83.9 Å². The average Bonchev–Trinajstić information content (AvgIpc) is 3.29. The second-order valence-corrected chi connectivity index (χ2v) is 10.2. The van der Waals surface area contributed by atoms with Gasteiger partial charge in [-0.3, -0.25) is 9.59 Å². The minimum Gasteiger partial charge on any atom is -0.378 e. The van der Waals surface area contributed by atoms with E-state index < -0.39 is 5.25 Å². The van der Waals surface area contributed by atoms with Gasteiger partial charge in [-0.05, 0) is 41.5 Å². The summed E-state index contributed by atoms with van der Waals surface area (Å²) < 4.78 is 0. The third kappa shape index (κ3) is 4.91. The first-order valence-corrected chi connectivity index (χ1v) is 12.5. The second-order valence-electron chi connectivity index (χ2n) is 8.93. The third-order valence-electron chi connectivity index (χ3n) is 6.39. The van der Waals surface area contributed by atoms with Crippen LogP contribution in [-0.4, -0.2) is 42.7 Å². The first kappa shape index (κ1) is 23.1. The number of carbonyl (C=O) groups is 2. The number of benzene rings is 3. The summed E-state index contributed by atoms with van der Waals surface area (Å²) in [4.78, 5) is 31.9. The lowest BCUT2D eigenvalue weighted by Gasteiger charge is -2.24. The molecule has 0 saturated heterocycles. The topological polar surface area (TPSA) is 77.2 Å². The summed E-state index contributed by atoms with van der Waals surface area (Å²) in [6, 6.07) is 24.3. The van der Waals surface area contributed by atoms with Crippen molar-refractivity contribution < 1.29 is 9.59 Å². The summed E-state index contributed by atoms with van der Waals surface area (Å²) >= 11 is 1.45. The first-order valence-electron chi connectivity index (χ1n) is 11.7. The molecule has 2 amide bonds. The summed E-state index contributed by atoms with van der Waals surface area (Å²) in [5.74, 6) is -0.289. The average molecular weight is 485 g/mol. The molecule has 178 valence electrons. The molecule has 2 atom stereocenters. The number of para-hydroxylation sites is 2. The number of rotatable bonds is 7. The van der Waals surface area contributed by atoms with Crippen molar-refractivity contribution in [2.24, 2.45) is 0 Å². The van der Waals surface area contributed by atoms with E-state index in [1.54, 1.807) is 0 Å². The molecule has 0 aliphatic carbocycles. The Kier molecular flexibility index (Phi) is 6.51. The molecule has 0 saturated carbocycles. The minimum atomic E-state index is -0.448. The zero-order chi connectivity index (χ0) is 24.4. The van der Waals surface area contributed by atoms with Gasteiger partial charge in [0, 0.05) is 60.7 Å². The quantitative estimate of drug-likeness (QED) is 0.346. The van der Waals surface area contributed by atoms with Crippen molar-refractivity contribution >= 4 is 45.9 Å². The molecule has 1 aliphatic rings. The van der Waals surface area contributed by atoms with Gasteiger partial charge in [0.15, 0.2) is 0 Å². The Hall–Kier alpha value is -3.71.